The molecule has 1 aromatic rings. The molecular weight excluding hydrogens is 274 g/mol. The number of rotatable bonds is 0. The smallest absolute Gasteiger partial charge is 0.350 e. The summed E-state index contributed by atoms with van der Waals surface area (Å²) in [4.78, 5) is 18.2. The minimum Gasteiger partial charge on any atom is -0.353 e. The van der Waals surface area contributed by atoms with Crippen LogP contribution in [-0.2, 0) is 6.54 Å². The second-order valence-electron chi connectivity index (χ2n) is 6.69. The number of hydrogen-bond donors (Lipinski definition) is 0. The molecule has 0 N–H and O–H groups in total. The third kappa shape index (κ3) is 1.88. The summed E-state index contributed by atoms with van der Waals surface area (Å²) >= 11 is 5.95. The lowest BCUT2D eigenvalue weighted by Gasteiger charge is -2.46. The highest BCUT2D eigenvalue weighted by atomic mass is 35.5. The summed E-state index contributed by atoms with van der Waals surface area (Å²) in [7, 11) is 0. The third-order valence-electron chi connectivity index (χ3n) is 5.55. The Morgan fingerprint density at radius 2 is 2.05 bits per heavy atom. The van der Waals surface area contributed by atoms with E-state index in [1.165, 1.54) is 44.9 Å². The average Bonchev–Trinajstić information content (AvgIpc) is 2.77. The van der Waals surface area contributed by atoms with Crippen molar-refractivity contribution < 1.29 is 0 Å². The molecule has 3 aliphatic rings. The van der Waals surface area contributed by atoms with Crippen molar-refractivity contribution in [3.05, 3.63) is 21.7 Å². The van der Waals surface area contributed by atoms with E-state index in [0.29, 0.717) is 16.6 Å². The molecule has 1 saturated heterocycles. The molecule has 5 heteroatoms. The SMILES string of the molecule is O=c1nc(Cl)cc2n1CC1CC3(CCCCC3)CCN21. The first kappa shape index (κ1) is 12.7. The summed E-state index contributed by atoms with van der Waals surface area (Å²) in [5, 5.41) is 0.319. The number of fused-ring (bicyclic) bond motifs is 3. The van der Waals surface area contributed by atoms with Gasteiger partial charge in [-0.15, -0.1) is 0 Å². The first-order chi connectivity index (χ1) is 9.67. The van der Waals surface area contributed by atoms with Crippen LogP contribution in [0.5, 0.6) is 0 Å². The van der Waals surface area contributed by atoms with Gasteiger partial charge in [-0.1, -0.05) is 30.9 Å². The van der Waals surface area contributed by atoms with Gasteiger partial charge >= 0.3 is 5.69 Å². The van der Waals surface area contributed by atoms with Crippen molar-refractivity contribution in [2.24, 2.45) is 5.41 Å². The van der Waals surface area contributed by atoms with Crippen LogP contribution in [0.25, 0.3) is 0 Å². The molecule has 1 unspecified atom stereocenters. The zero-order chi connectivity index (χ0) is 13.7. The predicted molar refractivity (Wildman–Crippen MR) is 79.4 cm³/mol. The minimum atomic E-state index is -0.195. The summed E-state index contributed by atoms with van der Waals surface area (Å²) in [6.07, 6.45) is 9.40. The molecule has 0 aromatic carbocycles. The average molecular weight is 294 g/mol. The Labute approximate surface area is 123 Å². The number of anilines is 1. The maximum absolute atomic E-state index is 12.0. The Morgan fingerprint density at radius 3 is 2.85 bits per heavy atom. The van der Waals surface area contributed by atoms with Crippen LogP contribution >= 0.6 is 11.6 Å². The van der Waals surface area contributed by atoms with Gasteiger partial charge in [-0.05, 0) is 31.1 Å². The van der Waals surface area contributed by atoms with E-state index >= 15 is 0 Å². The summed E-state index contributed by atoms with van der Waals surface area (Å²) < 4.78 is 1.80. The molecule has 3 heterocycles. The molecule has 2 aliphatic heterocycles. The molecular formula is C15H20ClN3O. The standard InChI is InChI=1S/C15H20ClN3O/c16-12-8-13-18-7-6-15(4-2-1-3-5-15)9-11(18)10-19(13)14(20)17-12/h8,11H,1-7,9-10H2. The van der Waals surface area contributed by atoms with Gasteiger partial charge in [-0.3, -0.25) is 4.57 Å². The van der Waals surface area contributed by atoms with Gasteiger partial charge in [-0.2, -0.15) is 4.98 Å². The molecule has 1 aromatic heterocycles. The molecule has 1 aliphatic carbocycles. The van der Waals surface area contributed by atoms with Gasteiger partial charge in [0.2, 0.25) is 0 Å². The maximum atomic E-state index is 12.0. The van der Waals surface area contributed by atoms with Crippen LogP contribution in [-0.4, -0.2) is 22.1 Å². The van der Waals surface area contributed by atoms with Crippen LogP contribution in [0.2, 0.25) is 5.15 Å². The number of piperidine rings is 1. The second-order valence-corrected chi connectivity index (χ2v) is 7.08. The summed E-state index contributed by atoms with van der Waals surface area (Å²) in [6, 6.07) is 2.32. The van der Waals surface area contributed by atoms with E-state index in [1.54, 1.807) is 4.57 Å². The number of hydrogen-bond acceptors (Lipinski definition) is 3. The second kappa shape index (κ2) is 4.48. The Balaban J connectivity index is 1.64. The van der Waals surface area contributed by atoms with Crippen LogP contribution < -0.4 is 10.6 Å². The molecule has 2 fully saturated rings. The van der Waals surface area contributed by atoms with Crippen molar-refractivity contribution in [1.29, 1.82) is 0 Å². The van der Waals surface area contributed by atoms with Gasteiger partial charge < -0.3 is 4.90 Å². The lowest BCUT2D eigenvalue weighted by Crippen LogP contribution is -2.46. The first-order valence-corrected chi connectivity index (χ1v) is 8.09. The van der Waals surface area contributed by atoms with Crippen molar-refractivity contribution in [3.63, 3.8) is 0 Å². The molecule has 4 rings (SSSR count). The number of nitrogens with zero attached hydrogens (tertiary/aromatic N) is 3. The molecule has 0 bridgehead atoms. The fraction of sp³-hybridized carbons (Fsp3) is 0.733. The van der Waals surface area contributed by atoms with Gasteiger partial charge in [0.25, 0.3) is 0 Å². The Bertz CT molecular complexity index is 591. The quantitative estimate of drug-likeness (QED) is 0.690. The zero-order valence-corrected chi connectivity index (χ0v) is 12.4. The first-order valence-electron chi connectivity index (χ1n) is 7.71. The molecule has 1 spiro atoms. The lowest BCUT2D eigenvalue weighted by atomic mass is 9.66. The zero-order valence-electron chi connectivity index (χ0n) is 11.6. The van der Waals surface area contributed by atoms with Crippen LogP contribution in [0, 0.1) is 5.41 Å². The Kier molecular flexibility index (Phi) is 2.85. The molecule has 0 amide bonds. The maximum Gasteiger partial charge on any atom is 0.350 e. The summed E-state index contributed by atoms with van der Waals surface area (Å²) in [6.45, 7) is 1.85. The normalized spacial score (nSPS) is 27.4. The highest BCUT2D eigenvalue weighted by Crippen LogP contribution is 2.48. The minimum absolute atomic E-state index is 0.195. The Morgan fingerprint density at radius 1 is 1.25 bits per heavy atom. The molecule has 20 heavy (non-hydrogen) atoms. The fourth-order valence-corrected chi connectivity index (χ4v) is 4.73. The molecule has 108 valence electrons. The third-order valence-corrected chi connectivity index (χ3v) is 5.75. The van der Waals surface area contributed by atoms with E-state index in [2.05, 4.69) is 9.88 Å². The van der Waals surface area contributed by atoms with Crippen LogP contribution in [0.15, 0.2) is 10.9 Å². The number of halogens is 1. The van der Waals surface area contributed by atoms with Crippen LogP contribution in [0.3, 0.4) is 0 Å². The van der Waals surface area contributed by atoms with E-state index in [4.69, 9.17) is 11.6 Å². The van der Waals surface area contributed by atoms with Gasteiger partial charge in [-0.25, -0.2) is 4.79 Å². The van der Waals surface area contributed by atoms with Gasteiger partial charge in [0.05, 0.1) is 0 Å². The molecule has 0 radical (unpaired) electrons. The van der Waals surface area contributed by atoms with Gasteiger partial charge in [0, 0.05) is 25.2 Å². The summed E-state index contributed by atoms with van der Waals surface area (Å²) in [5.41, 5.74) is 0.349. The van der Waals surface area contributed by atoms with E-state index in [1.807, 2.05) is 6.07 Å². The predicted octanol–water partition coefficient (Wildman–Crippen LogP) is 2.83. The van der Waals surface area contributed by atoms with Crippen molar-refractivity contribution in [2.75, 3.05) is 11.4 Å². The highest BCUT2D eigenvalue weighted by molar-refractivity contribution is 6.29. The fourth-order valence-electron chi connectivity index (χ4n) is 4.56. The molecule has 4 nitrogen and oxygen atoms in total. The van der Waals surface area contributed by atoms with Crippen molar-refractivity contribution in [2.45, 2.75) is 57.5 Å². The summed E-state index contributed by atoms with van der Waals surface area (Å²) in [5.74, 6) is 0.977. The monoisotopic (exact) mass is 293 g/mol. The van der Waals surface area contributed by atoms with Crippen molar-refractivity contribution >= 4 is 17.4 Å². The van der Waals surface area contributed by atoms with Crippen molar-refractivity contribution in [1.82, 2.24) is 9.55 Å². The van der Waals surface area contributed by atoms with Gasteiger partial charge in [0.15, 0.2) is 0 Å². The van der Waals surface area contributed by atoms with Crippen molar-refractivity contribution in [3.8, 4) is 0 Å². The Hall–Kier alpha value is -1.03. The van der Waals surface area contributed by atoms with Crippen LogP contribution in [0.1, 0.15) is 44.9 Å². The molecule has 1 atom stereocenters. The van der Waals surface area contributed by atoms with Gasteiger partial charge in [0.1, 0.15) is 11.0 Å². The largest absolute Gasteiger partial charge is 0.353 e. The molecule has 1 saturated carbocycles. The van der Waals surface area contributed by atoms with Crippen LogP contribution in [0.4, 0.5) is 5.82 Å². The van der Waals surface area contributed by atoms with E-state index < -0.39 is 0 Å². The lowest BCUT2D eigenvalue weighted by molar-refractivity contribution is 0.122. The van der Waals surface area contributed by atoms with E-state index in [9.17, 15) is 4.79 Å². The number of aromatic nitrogens is 2. The van der Waals surface area contributed by atoms with E-state index in [0.717, 1.165) is 18.9 Å². The topological polar surface area (TPSA) is 38.1 Å². The van der Waals surface area contributed by atoms with E-state index in [-0.39, 0.29) is 5.69 Å². The highest BCUT2D eigenvalue weighted by Gasteiger charge is 2.43.